The molecule has 0 atom stereocenters. The van der Waals surface area contributed by atoms with E-state index in [0.29, 0.717) is 6.42 Å². The van der Waals surface area contributed by atoms with Crippen molar-refractivity contribution in [3.63, 3.8) is 0 Å². The normalized spacial score (nSPS) is 19.9. The fraction of sp³-hybridized carbons (Fsp3) is 1.00. The Morgan fingerprint density at radius 2 is 1.71 bits per heavy atom. The summed E-state index contributed by atoms with van der Waals surface area (Å²) in [6.45, 7) is 2.05. The lowest BCUT2D eigenvalue weighted by molar-refractivity contribution is -0.0788. The summed E-state index contributed by atoms with van der Waals surface area (Å²) in [5.74, 6) is -2.69. The van der Waals surface area contributed by atoms with E-state index in [9.17, 15) is 8.78 Å². The van der Waals surface area contributed by atoms with E-state index in [1.807, 2.05) is 0 Å². The van der Waals surface area contributed by atoms with Crippen LogP contribution in [0.1, 0.15) is 64.7 Å². The minimum atomic E-state index is -2.38. The van der Waals surface area contributed by atoms with Gasteiger partial charge in [0.2, 0.25) is 0 Å². The van der Waals surface area contributed by atoms with Crippen LogP contribution in [0, 0.1) is 5.92 Å². The first-order valence-electron chi connectivity index (χ1n) is 6.04. The van der Waals surface area contributed by atoms with Gasteiger partial charge in [0.05, 0.1) is 0 Å². The SMILES string of the molecule is CCCCCC(F)(F)C1CCCCC1. The lowest BCUT2D eigenvalue weighted by atomic mass is 9.83. The lowest BCUT2D eigenvalue weighted by Crippen LogP contribution is -2.29. The van der Waals surface area contributed by atoms with E-state index in [0.717, 1.165) is 44.9 Å². The third-order valence-corrected chi connectivity index (χ3v) is 3.32. The molecule has 14 heavy (non-hydrogen) atoms. The highest BCUT2D eigenvalue weighted by Crippen LogP contribution is 2.39. The van der Waals surface area contributed by atoms with Crippen LogP contribution < -0.4 is 0 Å². The van der Waals surface area contributed by atoms with Gasteiger partial charge in [-0.1, -0.05) is 39.0 Å². The molecular weight excluding hydrogens is 182 g/mol. The third kappa shape index (κ3) is 3.55. The molecule has 1 aliphatic rings. The highest BCUT2D eigenvalue weighted by molar-refractivity contribution is 4.79. The average Bonchev–Trinajstić information content (AvgIpc) is 2.19. The topological polar surface area (TPSA) is 0 Å². The molecule has 0 aromatic heterocycles. The summed E-state index contributed by atoms with van der Waals surface area (Å²) in [7, 11) is 0. The van der Waals surface area contributed by atoms with Gasteiger partial charge in [-0.2, -0.15) is 0 Å². The summed E-state index contributed by atoms with van der Waals surface area (Å²) in [6.07, 6.45) is 7.45. The van der Waals surface area contributed by atoms with Crippen molar-refractivity contribution < 1.29 is 8.78 Å². The molecule has 1 saturated carbocycles. The van der Waals surface area contributed by atoms with Gasteiger partial charge in [-0.3, -0.25) is 0 Å². The smallest absolute Gasteiger partial charge is 0.207 e. The first-order chi connectivity index (χ1) is 6.67. The molecule has 84 valence electrons. The van der Waals surface area contributed by atoms with Crippen molar-refractivity contribution in [2.24, 2.45) is 5.92 Å². The van der Waals surface area contributed by atoms with Crippen LogP contribution in [0.5, 0.6) is 0 Å². The zero-order chi connectivity index (χ0) is 10.4. The molecule has 0 aliphatic heterocycles. The minimum Gasteiger partial charge on any atom is -0.207 e. The molecule has 2 heteroatoms. The predicted molar refractivity (Wildman–Crippen MR) is 55.7 cm³/mol. The summed E-state index contributed by atoms with van der Waals surface area (Å²) in [4.78, 5) is 0. The van der Waals surface area contributed by atoms with Gasteiger partial charge in [0.1, 0.15) is 0 Å². The van der Waals surface area contributed by atoms with E-state index in [2.05, 4.69) is 6.92 Å². The maximum absolute atomic E-state index is 13.6. The molecule has 0 nitrogen and oxygen atoms in total. The van der Waals surface area contributed by atoms with Crippen LogP contribution >= 0.6 is 0 Å². The van der Waals surface area contributed by atoms with Crippen molar-refractivity contribution in [1.29, 1.82) is 0 Å². The van der Waals surface area contributed by atoms with Crippen molar-refractivity contribution >= 4 is 0 Å². The molecule has 0 saturated heterocycles. The second kappa shape index (κ2) is 5.67. The predicted octanol–water partition coefficient (Wildman–Crippen LogP) is 4.78. The zero-order valence-electron chi connectivity index (χ0n) is 9.20. The quantitative estimate of drug-likeness (QED) is 0.565. The standard InChI is InChI=1S/C12H22F2/c1-2-3-7-10-12(13,14)11-8-5-4-6-9-11/h11H,2-10H2,1H3. The molecule has 0 unspecified atom stereocenters. The van der Waals surface area contributed by atoms with E-state index >= 15 is 0 Å². The second-order valence-electron chi connectivity index (χ2n) is 4.55. The molecule has 1 aliphatic carbocycles. The van der Waals surface area contributed by atoms with Crippen LogP contribution in [-0.2, 0) is 0 Å². The second-order valence-corrected chi connectivity index (χ2v) is 4.55. The number of hydrogen-bond donors (Lipinski definition) is 0. The first kappa shape index (κ1) is 11.9. The van der Waals surface area contributed by atoms with Crippen molar-refractivity contribution in [3.05, 3.63) is 0 Å². The van der Waals surface area contributed by atoms with Gasteiger partial charge in [-0.15, -0.1) is 0 Å². The van der Waals surface area contributed by atoms with E-state index in [1.165, 1.54) is 0 Å². The van der Waals surface area contributed by atoms with Gasteiger partial charge in [-0.25, -0.2) is 8.78 Å². The number of hydrogen-bond acceptors (Lipinski definition) is 0. The van der Waals surface area contributed by atoms with Gasteiger partial charge in [0.15, 0.2) is 0 Å². The number of unbranched alkanes of at least 4 members (excludes halogenated alkanes) is 2. The summed E-state index contributed by atoms with van der Waals surface area (Å²) in [5.41, 5.74) is 0. The molecule has 0 heterocycles. The summed E-state index contributed by atoms with van der Waals surface area (Å²) < 4.78 is 27.3. The summed E-state index contributed by atoms with van der Waals surface area (Å²) in [5, 5.41) is 0. The molecule has 0 N–H and O–H groups in total. The Bertz CT molecular complexity index is 148. The maximum Gasteiger partial charge on any atom is 0.250 e. The van der Waals surface area contributed by atoms with Gasteiger partial charge >= 0.3 is 0 Å². The zero-order valence-corrected chi connectivity index (χ0v) is 9.20. The Kier molecular flexibility index (Phi) is 4.83. The Morgan fingerprint density at radius 3 is 2.29 bits per heavy atom. The van der Waals surface area contributed by atoms with Gasteiger partial charge < -0.3 is 0 Å². The molecule has 0 amide bonds. The van der Waals surface area contributed by atoms with E-state index in [-0.39, 0.29) is 12.3 Å². The highest BCUT2D eigenvalue weighted by atomic mass is 19.3. The molecule has 0 radical (unpaired) electrons. The van der Waals surface area contributed by atoms with Gasteiger partial charge in [0.25, 0.3) is 5.92 Å². The molecule has 0 aromatic rings. The molecule has 0 aromatic carbocycles. The summed E-state index contributed by atoms with van der Waals surface area (Å²) in [6, 6.07) is 0. The van der Waals surface area contributed by atoms with Crippen LogP contribution in [0.15, 0.2) is 0 Å². The van der Waals surface area contributed by atoms with Gasteiger partial charge in [0, 0.05) is 12.3 Å². The maximum atomic E-state index is 13.6. The molecular formula is C12H22F2. The third-order valence-electron chi connectivity index (χ3n) is 3.32. The molecule has 1 fully saturated rings. The van der Waals surface area contributed by atoms with Crippen molar-refractivity contribution in [3.8, 4) is 0 Å². The fourth-order valence-corrected chi connectivity index (χ4v) is 2.34. The number of alkyl halides is 2. The number of halogens is 2. The Hall–Kier alpha value is -0.140. The average molecular weight is 204 g/mol. The highest BCUT2D eigenvalue weighted by Gasteiger charge is 2.38. The van der Waals surface area contributed by atoms with Crippen molar-refractivity contribution in [1.82, 2.24) is 0 Å². The Morgan fingerprint density at radius 1 is 1.07 bits per heavy atom. The van der Waals surface area contributed by atoms with Crippen LogP contribution in [0.4, 0.5) is 8.78 Å². The fourth-order valence-electron chi connectivity index (χ4n) is 2.34. The molecule has 0 spiro atoms. The van der Waals surface area contributed by atoms with E-state index < -0.39 is 5.92 Å². The van der Waals surface area contributed by atoms with Crippen LogP contribution in [-0.4, -0.2) is 5.92 Å². The lowest BCUT2D eigenvalue weighted by Gasteiger charge is -2.30. The van der Waals surface area contributed by atoms with Gasteiger partial charge in [-0.05, 0) is 19.3 Å². The minimum absolute atomic E-state index is 0.117. The Labute approximate surface area is 86.1 Å². The van der Waals surface area contributed by atoms with Crippen molar-refractivity contribution in [2.45, 2.75) is 70.6 Å². The first-order valence-corrected chi connectivity index (χ1v) is 6.04. The van der Waals surface area contributed by atoms with Crippen LogP contribution in [0.2, 0.25) is 0 Å². The summed E-state index contributed by atoms with van der Waals surface area (Å²) >= 11 is 0. The molecule has 0 bridgehead atoms. The van der Waals surface area contributed by atoms with Crippen LogP contribution in [0.25, 0.3) is 0 Å². The number of rotatable bonds is 5. The monoisotopic (exact) mass is 204 g/mol. The van der Waals surface area contributed by atoms with E-state index in [4.69, 9.17) is 0 Å². The van der Waals surface area contributed by atoms with Crippen LogP contribution in [0.3, 0.4) is 0 Å². The largest absolute Gasteiger partial charge is 0.250 e. The molecule has 1 rings (SSSR count). The Balaban J connectivity index is 2.29. The van der Waals surface area contributed by atoms with E-state index in [1.54, 1.807) is 0 Å². The van der Waals surface area contributed by atoms with Crippen molar-refractivity contribution in [2.75, 3.05) is 0 Å².